The summed E-state index contributed by atoms with van der Waals surface area (Å²) in [4.78, 5) is 4.53. The summed E-state index contributed by atoms with van der Waals surface area (Å²) in [6, 6.07) is 5.90. The van der Waals surface area contributed by atoms with Gasteiger partial charge in [-0.2, -0.15) is 0 Å². The van der Waals surface area contributed by atoms with Crippen molar-refractivity contribution in [2.24, 2.45) is 0 Å². The summed E-state index contributed by atoms with van der Waals surface area (Å²) >= 11 is 3.51. The Bertz CT molecular complexity index is 540. The molecule has 0 fully saturated rings. The van der Waals surface area contributed by atoms with Crippen molar-refractivity contribution in [3.8, 4) is 5.75 Å². The third-order valence-corrected chi connectivity index (χ3v) is 3.13. The van der Waals surface area contributed by atoms with Gasteiger partial charge in [0.1, 0.15) is 5.75 Å². The summed E-state index contributed by atoms with van der Waals surface area (Å²) in [6.07, 6.45) is 0. The number of hydrogen-bond donors (Lipinski definition) is 1. The third-order valence-electron chi connectivity index (χ3n) is 2.49. The first-order chi connectivity index (χ1) is 7.67. The minimum absolute atomic E-state index is 0.829. The molecule has 2 rings (SSSR count). The van der Waals surface area contributed by atoms with Crippen molar-refractivity contribution in [2.75, 3.05) is 19.5 Å². The maximum Gasteiger partial charge on any atom is 0.130 e. The first kappa shape index (κ1) is 11.2. The molecule has 0 unspecified atom stereocenters. The lowest BCUT2D eigenvalue weighted by Gasteiger charge is -2.12. The Morgan fingerprint density at radius 3 is 2.75 bits per heavy atom. The van der Waals surface area contributed by atoms with E-state index in [0.29, 0.717) is 0 Å². The maximum absolute atomic E-state index is 5.36. The number of hydrogen-bond acceptors (Lipinski definition) is 3. The van der Waals surface area contributed by atoms with E-state index < -0.39 is 0 Å². The molecule has 1 N–H and O–H groups in total. The van der Waals surface area contributed by atoms with Gasteiger partial charge in [0, 0.05) is 22.9 Å². The zero-order valence-corrected chi connectivity index (χ0v) is 11.1. The summed E-state index contributed by atoms with van der Waals surface area (Å²) in [7, 11) is 3.57. The average Bonchev–Trinajstić information content (AvgIpc) is 2.29. The van der Waals surface area contributed by atoms with Crippen LogP contribution in [0.2, 0.25) is 0 Å². The van der Waals surface area contributed by atoms with Crippen molar-refractivity contribution in [1.82, 2.24) is 4.98 Å². The quantitative estimate of drug-likeness (QED) is 0.916. The summed E-state index contributed by atoms with van der Waals surface area (Å²) in [5.74, 6) is 0.829. The van der Waals surface area contributed by atoms with E-state index in [1.165, 1.54) is 0 Å². The SMILES string of the molecule is CNc1cc(C)nc2c(Br)ccc(OC)c12. The van der Waals surface area contributed by atoms with Gasteiger partial charge >= 0.3 is 0 Å². The lowest BCUT2D eigenvalue weighted by Crippen LogP contribution is -1.96. The van der Waals surface area contributed by atoms with Gasteiger partial charge in [0.2, 0.25) is 0 Å². The van der Waals surface area contributed by atoms with Crippen molar-refractivity contribution in [3.63, 3.8) is 0 Å². The van der Waals surface area contributed by atoms with Gasteiger partial charge in [0.25, 0.3) is 0 Å². The van der Waals surface area contributed by atoms with Crippen molar-refractivity contribution in [1.29, 1.82) is 0 Å². The number of methoxy groups -OCH3 is 1. The lowest BCUT2D eigenvalue weighted by atomic mass is 10.1. The molecule has 1 aromatic heterocycles. The molecule has 0 spiro atoms. The molecular formula is C12H13BrN2O. The van der Waals surface area contributed by atoms with Crippen molar-refractivity contribution in [2.45, 2.75) is 6.92 Å². The smallest absolute Gasteiger partial charge is 0.130 e. The van der Waals surface area contributed by atoms with E-state index in [1.807, 2.05) is 32.2 Å². The van der Waals surface area contributed by atoms with Crippen LogP contribution < -0.4 is 10.1 Å². The van der Waals surface area contributed by atoms with Gasteiger partial charge in [-0.3, -0.25) is 4.98 Å². The molecule has 2 aromatic rings. The van der Waals surface area contributed by atoms with Gasteiger partial charge in [-0.05, 0) is 41.1 Å². The summed E-state index contributed by atoms with van der Waals surface area (Å²) in [5, 5.41) is 4.18. The zero-order chi connectivity index (χ0) is 11.7. The predicted molar refractivity (Wildman–Crippen MR) is 70.3 cm³/mol. The fourth-order valence-corrected chi connectivity index (χ4v) is 2.19. The first-order valence-electron chi connectivity index (χ1n) is 4.99. The van der Waals surface area contributed by atoms with E-state index in [0.717, 1.165) is 32.5 Å². The molecule has 0 aliphatic heterocycles. The maximum atomic E-state index is 5.36. The van der Waals surface area contributed by atoms with Crippen LogP contribution in [0, 0.1) is 6.92 Å². The molecule has 0 aliphatic rings. The van der Waals surface area contributed by atoms with Gasteiger partial charge in [0.05, 0.1) is 18.0 Å². The number of halogens is 1. The third kappa shape index (κ3) is 1.73. The van der Waals surface area contributed by atoms with Crippen LogP contribution in [0.15, 0.2) is 22.7 Å². The number of rotatable bonds is 2. The highest BCUT2D eigenvalue weighted by molar-refractivity contribution is 9.10. The number of nitrogens with one attached hydrogen (secondary N) is 1. The molecule has 0 radical (unpaired) electrons. The molecule has 0 bridgehead atoms. The zero-order valence-electron chi connectivity index (χ0n) is 9.47. The highest BCUT2D eigenvalue weighted by Gasteiger charge is 2.11. The largest absolute Gasteiger partial charge is 0.496 e. The Morgan fingerprint density at radius 1 is 1.38 bits per heavy atom. The Kier molecular flexibility index (Phi) is 3.01. The number of pyridine rings is 1. The predicted octanol–water partition coefficient (Wildman–Crippen LogP) is 3.36. The van der Waals surface area contributed by atoms with Crippen molar-refractivity contribution in [3.05, 3.63) is 28.4 Å². The monoisotopic (exact) mass is 280 g/mol. The summed E-state index contributed by atoms with van der Waals surface area (Å²) < 4.78 is 6.34. The number of ether oxygens (including phenoxy) is 1. The standard InChI is InChI=1S/C12H13BrN2O/c1-7-6-9(14-2)11-10(16-3)5-4-8(13)12(11)15-7/h4-6H,1-3H3,(H,14,15). The van der Waals surface area contributed by atoms with E-state index in [-0.39, 0.29) is 0 Å². The second kappa shape index (κ2) is 4.29. The normalized spacial score (nSPS) is 10.5. The summed E-state index contributed by atoms with van der Waals surface area (Å²) in [5.41, 5.74) is 2.93. The first-order valence-corrected chi connectivity index (χ1v) is 5.78. The van der Waals surface area contributed by atoms with E-state index in [4.69, 9.17) is 4.74 Å². The fraction of sp³-hybridized carbons (Fsp3) is 0.250. The Labute approximate surface area is 103 Å². The Balaban J connectivity index is 2.91. The second-order valence-corrected chi connectivity index (χ2v) is 4.39. The van der Waals surface area contributed by atoms with Crippen LogP contribution in [-0.4, -0.2) is 19.1 Å². The minimum atomic E-state index is 0.829. The molecular weight excluding hydrogens is 268 g/mol. The molecule has 16 heavy (non-hydrogen) atoms. The van der Waals surface area contributed by atoms with Crippen LogP contribution in [0.3, 0.4) is 0 Å². The van der Waals surface area contributed by atoms with Crippen LogP contribution >= 0.6 is 15.9 Å². The number of fused-ring (bicyclic) bond motifs is 1. The molecule has 0 saturated carbocycles. The van der Waals surface area contributed by atoms with E-state index >= 15 is 0 Å². The number of nitrogens with zero attached hydrogens (tertiary/aromatic N) is 1. The topological polar surface area (TPSA) is 34.2 Å². The van der Waals surface area contributed by atoms with Crippen molar-refractivity contribution >= 4 is 32.5 Å². The molecule has 3 nitrogen and oxygen atoms in total. The molecule has 84 valence electrons. The molecule has 0 amide bonds. The van der Waals surface area contributed by atoms with Gasteiger partial charge in [-0.25, -0.2) is 0 Å². The lowest BCUT2D eigenvalue weighted by molar-refractivity contribution is 0.420. The minimum Gasteiger partial charge on any atom is -0.496 e. The number of anilines is 1. The van der Waals surface area contributed by atoms with Gasteiger partial charge in [0.15, 0.2) is 0 Å². The fourth-order valence-electron chi connectivity index (χ4n) is 1.77. The van der Waals surface area contributed by atoms with Crippen LogP contribution in [-0.2, 0) is 0 Å². The number of aromatic nitrogens is 1. The van der Waals surface area contributed by atoms with Gasteiger partial charge < -0.3 is 10.1 Å². The molecule has 0 aliphatic carbocycles. The van der Waals surface area contributed by atoms with Gasteiger partial charge in [-0.1, -0.05) is 0 Å². The highest BCUT2D eigenvalue weighted by Crippen LogP contribution is 2.35. The number of benzene rings is 1. The molecule has 0 atom stereocenters. The van der Waals surface area contributed by atoms with Crippen LogP contribution in [0.4, 0.5) is 5.69 Å². The molecule has 1 aromatic carbocycles. The Morgan fingerprint density at radius 2 is 2.12 bits per heavy atom. The van der Waals surface area contributed by atoms with Crippen LogP contribution in [0.25, 0.3) is 10.9 Å². The molecule has 1 heterocycles. The second-order valence-electron chi connectivity index (χ2n) is 3.53. The summed E-state index contributed by atoms with van der Waals surface area (Å²) in [6.45, 7) is 1.98. The Hall–Kier alpha value is -1.29. The average molecular weight is 281 g/mol. The van der Waals surface area contributed by atoms with E-state index in [9.17, 15) is 0 Å². The van der Waals surface area contributed by atoms with Crippen LogP contribution in [0.5, 0.6) is 5.75 Å². The van der Waals surface area contributed by atoms with Crippen molar-refractivity contribution < 1.29 is 4.74 Å². The molecule has 4 heteroatoms. The van der Waals surface area contributed by atoms with E-state index in [2.05, 4.69) is 26.2 Å². The molecule has 0 saturated heterocycles. The number of aryl methyl sites for hydroxylation is 1. The highest BCUT2D eigenvalue weighted by atomic mass is 79.9. The van der Waals surface area contributed by atoms with Crippen LogP contribution in [0.1, 0.15) is 5.69 Å². The van der Waals surface area contributed by atoms with Gasteiger partial charge in [-0.15, -0.1) is 0 Å². The van der Waals surface area contributed by atoms with E-state index in [1.54, 1.807) is 7.11 Å².